The highest BCUT2D eigenvalue weighted by molar-refractivity contribution is 7.99. The monoisotopic (exact) mass is 274 g/mol. The molecular formula is C12H22N2O3S. The van der Waals surface area contributed by atoms with Gasteiger partial charge >= 0.3 is 12.0 Å². The molecule has 18 heavy (non-hydrogen) atoms. The number of carbonyl (C=O) groups is 2. The van der Waals surface area contributed by atoms with Gasteiger partial charge in [0.05, 0.1) is 0 Å². The summed E-state index contributed by atoms with van der Waals surface area (Å²) < 4.78 is 0. The van der Waals surface area contributed by atoms with Gasteiger partial charge in [-0.3, -0.25) is 0 Å². The van der Waals surface area contributed by atoms with E-state index in [-0.39, 0.29) is 6.03 Å². The third-order valence-corrected chi connectivity index (χ3v) is 4.21. The molecule has 0 radical (unpaired) electrons. The van der Waals surface area contributed by atoms with E-state index >= 15 is 0 Å². The summed E-state index contributed by atoms with van der Waals surface area (Å²) in [4.78, 5) is 24.7. The molecule has 0 aromatic heterocycles. The van der Waals surface area contributed by atoms with Gasteiger partial charge in [-0.2, -0.15) is 11.8 Å². The van der Waals surface area contributed by atoms with Crippen molar-refractivity contribution in [3.63, 3.8) is 0 Å². The van der Waals surface area contributed by atoms with Crippen LogP contribution in [0.4, 0.5) is 4.79 Å². The smallest absolute Gasteiger partial charge is 0.326 e. The predicted molar refractivity (Wildman–Crippen MR) is 73.0 cm³/mol. The number of likely N-dealkylation sites (tertiary alicyclic amines) is 1. The van der Waals surface area contributed by atoms with E-state index < -0.39 is 12.0 Å². The van der Waals surface area contributed by atoms with Crippen LogP contribution in [-0.4, -0.2) is 52.6 Å². The van der Waals surface area contributed by atoms with Crippen LogP contribution in [0.15, 0.2) is 0 Å². The van der Waals surface area contributed by atoms with E-state index in [1.165, 1.54) is 4.90 Å². The highest BCUT2D eigenvalue weighted by Gasteiger charge is 2.30. The Morgan fingerprint density at radius 3 is 2.78 bits per heavy atom. The van der Waals surface area contributed by atoms with E-state index in [2.05, 4.69) is 5.32 Å². The fourth-order valence-corrected chi connectivity index (χ4v) is 2.27. The summed E-state index contributed by atoms with van der Waals surface area (Å²) in [6, 6.07) is -0.915. The van der Waals surface area contributed by atoms with Crippen molar-refractivity contribution in [3.05, 3.63) is 0 Å². The van der Waals surface area contributed by atoms with E-state index in [1.54, 1.807) is 11.8 Å². The Kier molecular flexibility index (Phi) is 6.32. The Bertz CT molecular complexity index is 299. The van der Waals surface area contributed by atoms with Gasteiger partial charge in [-0.15, -0.1) is 0 Å². The molecule has 0 spiro atoms. The Morgan fingerprint density at radius 2 is 2.17 bits per heavy atom. The number of hydrogen-bond acceptors (Lipinski definition) is 3. The molecule has 1 aliphatic rings. The fraction of sp³-hybridized carbons (Fsp3) is 0.833. The number of thioether (sulfide) groups is 1. The number of carboxylic acids is 1. The van der Waals surface area contributed by atoms with Crippen LogP contribution in [0.1, 0.15) is 32.6 Å². The molecular weight excluding hydrogens is 252 g/mol. The Balaban J connectivity index is 2.58. The van der Waals surface area contributed by atoms with Crippen LogP contribution >= 0.6 is 11.8 Å². The summed E-state index contributed by atoms with van der Waals surface area (Å²) in [5.74, 6) is -0.898. The van der Waals surface area contributed by atoms with Crippen molar-refractivity contribution in [2.75, 3.05) is 19.3 Å². The van der Waals surface area contributed by atoms with Crippen molar-refractivity contribution >= 4 is 23.8 Å². The Hall–Kier alpha value is -0.910. The average molecular weight is 274 g/mol. The third-order valence-electron chi connectivity index (χ3n) is 3.24. The molecule has 2 amide bonds. The van der Waals surface area contributed by atoms with E-state index in [9.17, 15) is 14.7 Å². The first kappa shape index (κ1) is 15.1. The molecule has 0 aliphatic carbocycles. The second kappa shape index (κ2) is 7.51. The standard InChI is InChI=1S/C12H22N2O3S/c1-9(18-2)8-13-12(17)14-7-5-3-4-6-10(14)11(15)16/h9-10H,3-8H2,1-2H3,(H,13,17)(H,15,16). The molecule has 2 unspecified atom stereocenters. The van der Waals surface area contributed by atoms with Crippen LogP contribution in [0.3, 0.4) is 0 Å². The zero-order chi connectivity index (χ0) is 13.5. The lowest BCUT2D eigenvalue weighted by atomic mass is 10.1. The van der Waals surface area contributed by atoms with Gasteiger partial charge in [0.15, 0.2) is 0 Å². The first-order valence-corrected chi connectivity index (χ1v) is 7.65. The largest absolute Gasteiger partial charge is 0.480 e. The van der Waals surface area contributed by atoms with Crippen molar-refractivity contribution in [2.45, 2.75) is 43.9 Å². The van der Waals surface area contributed by atoms with Gasteiger partial charge in [0.1, 0.15) is 6.04 Å². The quantitative estimate of drug-likeness (QED) is 0.820. The zero-order valence-electron chi connectivity index (χ0n) is 11.0. The summed E-state index contributed by atoms with van der Waals surface area (Å²) >= 11 is 1.68. The normalized spacial score (nSPS) is 22.1. The lowest BCUT2D eigenvalue weighted by Crippen LogP contribution is -2.50. The maximum atomic E-state index is 12.0. The Morgan fingerprint density at radius 1 is 1.44 bits per heavy atom. The van der Waals surface area contributed by atoms with Gasteiger partial charge in [0.25, 0.3) is 0 Å². The van der Waals surface area contributed by atoms with Crippen molar-refractivity contribution in [3.8, 4) is 0 Å². The molecule has 1 fully saturated rings. The molecule has 0 aromatic rings. The number of nitrogens with zero attached hydrogens (tertiary/aromatic N) is 1. The third kappa shape index (κ3) is 4.40. The highest BCUT2D eigenvalue weighted by Crippen LogP contribution is 2.17. The number of aliphatic carboxylic acids is 1. The summed E-state index contributed by atoms with van der Waals surface area (Å²) in [6.07, 6.45) is 5.30. The van der Waals surface area contributed by atoms with E-state index in [0.717, 1.165) is 19.3 Å². The summed E-state index contributed by atoms with van der Waals surface area (Å²) in [6.45, 7) is 3.14. The SMILES string of the molecule is CSC(C)CNC(=O)N1CCCCCC1C(=O)O. The number of amides is 2. The van der Waals surface area contributed by atoms with Gasteiger partial charge in [-0.25, -0.2) is 9.59 Å². The van der Waals surface area contributed by atoms with Crippen LogP contribution in [0.25, 0.3) is 0 Å². The maximum Gasteiger partial charge on any atom is 0.326 e. The van der Waals surface area contributed by atoms with E-state index in [0.29, 0.717) is 24.8 Å². The molecule has 2 atom stereocenters. The second-order valence-corrected chi connectivity index (χ2v) is 5.91. The first-order valence-electron chi connectivity index (χ1n) is 6.36. The van der Waals surface area contributed by atoms with Crippen molar-refractivity contribution in [2.24, 2.45) is 0 Å². The molecule has 6 heteroatoms. The Labute approximate surface area is 112 Å². The predicted octanol–water partition coefficient (Wildman–Crippen LogP) is 1.78. The minimum Gasteiger partial charge on any atom is -0.480 e. The lowest BCUT2D eigenvalue weighted by molar-refractivity contribution is -0.142. The number of rotatable bonds is 4. The summed E-state index contributed by atoms with van der Waals surface area (Å²) in [7, 11) is 0. The molecule has 1 heterocycles. The molecule has 1 aliphatic heterocycles. The number of carbonyl (C=O) groups excluding carboxylic acids is 1. The molecule has 1 rings (SSSR count). The minimum atomic E-state index is -0.898. The summed E-state index contributed by atoms with van der Waals surface area (Å²) in [5, 5.41) is 12.3. The second-order valence-electron chi connectivity index (χ2n) is 4.63. The van der Waals surface area contributed by atoms with Gasteiger partial charge in [0.2, 0.25) is 0 Å². The van der Waals surface area contributed by atoms with Crippen LogP contribution in [0.5, 0.6) is 0 Å². The van der Waals surface area contributed by atoms with Gasteiger partial charge in [0, 0.05) is 18.3 Å². The molecule has 104 valence electrons. The number of nitrogens with one attached hydrogen (secondary N) is 1. The van der Waals surface area contributed by atoms with Crippen LogP contribution in [-0.2, 0) is 4.79 Å². The highest BCUT2D eigenvalue weighted by atomic mass is 32.2. The number of urea groups is 1. The summed E-state index contributed by atoms with van der Waals surface area (Å²) in [5.41, 5.74) is 0. The molecule has 0 bridgehead atoms. The molecule has 5 nitrogen and oxygen atoms in total. The topological polar surface area (TPSA) is 69.6 Å². The van der Waals surface area contributed by atoms with Crippen LogP contribution in [0, 0.1) is 0 Å². The molecule has 0 aromatic carbocycles. The molecule has 1 saturated heterocycles. The van der Waals surface area contributed by atoms with Gasteiger partial charge in [-0.1, -0.05) is 19.8 Å². The molecule has 2 N–H and O–H groups in total. The lowest BCUT2D eigenvalue weighted by Gasteiger charge is -2.27. The van der Waals surface area contributed by atoms with Crippen LogP contribution in [0.2, 0.25) is 0 Å². The fourth-order valence-electron chi connectivity index (χ4n) is 2.02. The van der Waals surface area contributed by atoms with Crippen LogP contribution < -0.4 is 5.32 Å². The number of carboxylic acid groups (broad SMARTS) is 1. The van der Waals surface area contributed by atoms with E-state index in [4.69, 9.17) is 0 Å². The van der Waals surface area contributed by atoms with Crippen molar-refractivity contribution in [1.82, 2.24) is 10.2 Å². The minimum absolute atomic E-state index is 0.245. The van der Waals surface area contributed by atoms with Crippen molar-refractivity contribution < 1.29 is 14.7 Å². The van der Waals surface area contributed by atoms with Gasteiger partial charge < -0.3 is 15.3 Å². The van der Waals surface area contributed by atoms with E-state index in [1.807, 2.05) is 13.2 Å². The maximum absolute atomic E-state index is 12.0. The molecule has 0 saturated carbocycles. The van der Waals surface area contributed by atoms with Crippen molar-refractivity contribution in [1.29, 1.82) is 0 Å². The zero-order valence-corrected chi connectivity index (χ0v) is 11.8. The van der Waals surface area contributed by atoms with Gasteiger partial charge in [-0.05, 0) is 19.1 Å². The number of hydrogen-bond donors (Lipinski definition) is 2. The average Bonchev–Trinajstić information content (AvgIpc) is 2.60. The first-order chi connectivity index (χ1) is 8.56.